The molecule has 1 atom stereocenters. The summed E-state index contributed by atoms with van der Waals surface area (Å²) in [4.78, 5) is 14.5. The van der Waals surface area contributed by atoms with Crippen molar-refractivity contribution in [3.8, 4) is 0 Å². The van der Waals surface area contributed by atoms with Crippen LogP contribution >= 0.6 is 0 Å². The van der Waals surface area contributed by atoms with Crippen LogP contribution in [0.4, 0.5) is 0 Å². The minimum absolute atomic E-state index is 0.0652. The van der Waals surface area contributed by atoms with Crippen LogP contribution in [0.3, 0.4) is 0 Å². The molecular formula is C17H27N3O. The second-order valence-electron chi connectivity index (χ2n) is 5.71. The summed E-state index contributed by atoms with van der Waals surface area (Å²) in [6.07, 6.45) is 2.16. The number of carbonyl (C=O) groups excluding carboxylic acids is 1. The summed E-state index contributed by atoms with van der Waals surface area (Å²) in [5.74, 6) is 0.132. The van der Waals surface area contributed by atoms with Crippen LogP contribution in [0, 0.1) is 0 Å². The van der Waals surface area contributed by atoms with Crippen LogP contribution in [0.5, 0.6) is 0 Å². The van der Waals surface area contributed by atoms with Gasteiger partial charge >= 0.3 is 0 Å². The van der Waals surface area contributed by atoms with E-state index in [4.69, 9.17) is 0 Å². The summed E-state index contributed by atoms with van der Waals surface area (Å²) in [5.41, 5.74) is 2.78. The number of amides is 1. The van der Waals surface area contributed by atoms with Gasteiger partial charge < -0.3 is 10.6 Å². The van der Waals surface area contributed by atoms with Gasteiger partial charge in [0.1, 0.15) is 0 Å². The van der Waals surface area contributed by atoms with Gasteiger partial charge in [-0.3, -0.25) is 9.69 Å². The summed E-state index contributed by atoms with van der Waals surface area (Å²) in [6, 6.07) is 8.46. The first-order chi connectivity index (χ1) is 10.2. The van der Waals surface area contributed by atoms with Gasteiger partial charge in [0, 0.05) is 26.2 Å². The van der Waals surface area contributed by atoms with Gasteiger partial charge in [-0.15, -0.1) is 0 Å². The molecule has 2 N–H and O–H groups in total. The molecule has 0 saturated heterocycles. The van der Waals surface area contributed by atoms with Crippen molar-refractivity contribution in [1.29, 1.82) is 0 Å². The molecule has 0 spiro atoms. The zero-order valence-corrected chi connectivity index (χ0v) is 13.2. The highest BCUT2D eigenvalue weighted by Crippen LogP contribution is 2.20. The third-order valence-electron chi connectivity index (χ3n) is 4.12. The van der Waals surface area contributed by atoms with Gasteiger partial charge in [0.25, 0.3) is 0 Å². The molecule has 0 aliphatic carbocycles. The first kappa shape index (κ1) is 16.0. The van der Waals surface area contributed by atoms with Gasteiger partial charge in [0.15, 0.2) is 0 Å². The molecule has 116 valence electrons. The first-order valence-electron chi connectivity index (χ1n) is 8.01. The molecule has 1 aliphatic rings. The van der Waals surface area contributed by atoms with Gasteiger partial charge in [-0.1, -0.05) is 31.2 Å². The SMILES string of the molecule is CCCNCCNC(=O)C(C)N1CCc2ccccc2C1. The van der Waals surface area contributed by atoms with E-state index in [9.17, 15) is 4.79 Å². The quantitative estimate of drug-likeness (QED) is 0.749. The fraction of sp³-hybridized carbons (Fsp3) is 0.588. The van der Waals surface area contributed by atoms with E-state index in [0.29, 0.717) is 6.54 Å². The Morgan fingerprint density at radius 1 is 1.24 bits per heavy atom. The van der Waals surface area contributed by atoms with E-state index in [1.807, 2.05) is 6.92 Å². The maximum atomic E-state index is 12.2. The Balaban J connectivity index is 1.78. The van der Waals surface area contributed by atoms with Crippen molar-refractivity contribution in [2.24, 2.45) is 0 Å². The Bertz CT molecular complexity index is 461. The van der Waals surface area contributed by atoms with E-state index in [0.717, 1.165) is 39.0 Å². The standard InChI is InChI=1S/C17H27N3O/c1-3-9-18-10-11-19-17(21)14(2)20-12-8-15-6-4-5-7-16(15)13-20/h4-7,14,18H,3,8-13H2,1-2H3,(H,19,21). The molecule has 1 aromatic rings. The third-order valence-corrected chi connectivity index (χ3v) is 4.12. The smallest absolute Gasteiger partial charge is 0.237 e. The number of hydrogen-bond donors (Lipinski definition) is 2. The van der Waals surface area contributed by atoms with Crippen LogP contribution < -0.4 is 10.6 Å². The molecule has 2 rings (SSSR count). The lowest BCUT2D eigenvalue weighted by Gasteiger charge is -2.32. The molecule has 4 heteroatoms. The summed E-state index contributed by atoms with van der Waals surface area (Å²) in [6.45, 7) is 8.53. The van der Waals surface area contributed by atoms with E-state index < -0.39 is 0 Å². The van der Waals surface area contributed by atoms with E-state index in [1.54, 1.807) is 0 Å². The predicted octanol–water partition coefficient (Wildman–Crippen LogP) is 1.55. The molecule has 21 heavy (non-hydrogen) atoms. The average Bonchev–Trinajstić information content (AvgIpc) is 2.53. The lowest BCUT2D eigenvalue weighted by atomic mass is 9.99. The van der Waals surface area contributed by atoms with Gasteiger partial charge in [0.2, 0.25) is 5.91 Å². The van der Waals surface area contributed by atoms with E-state index >= 15 is 0 Å². The van der Waals surface area contributed by atoms with E-state index in [-0.39, 0.29) is 11.9 Å². The van der Waals surface area contributed by atoms with E-state index in [1.165, 1.54) is 11.1 Å². The highest BCUT2D eigenvalue weighted by atomic mass is 16.2. The molecule has 0 fully saturated rings. The summed E-state index contributed by atoms with van der Waals surface area (Å²) in [5, 5.41) is 6.31. The minimum atomic E-state index is -0.0652. The molecular weight excluding hydrogens is 262 g/mol. The second-order valence-corrected chi connectivity index (χ2v) is 5.71. The maximum absolute atomic E-state index is 12.2. The average molecular weight is 289 g/mol. The second kappa shape index (κ2) is 8.15. The monoisotopic (exact) mass is 289 g/mol. The zero-order chi connectivity index (χ0) is 15.1. The molecule has 0 bridgehead atoms. The molecule has 1 heterocycles. The van der Waals surface area contributed by atoms with Gasteiger partial charge in [-0.25, -0.2) is 0 Å². The molecule has 4 nitrogen and oxygen atoms in total. The minimum Gasteiger partial charge on any atom is -0.353 e. The maximum Gasteiger partial charge on any atom is 0.237 e. The predicted molar refractivity (Wildman–Crippen MR) is 86.2 cm³/mol. The first-order valence-corrected chi connectivity index (χ1v) is 8.01. The Labute approximate surface area is 127 Å². The molecule has 1 aromatic carbocycles. The Kier molecular flexibility index (Phi) is 6.21. The number of nitrogens with zero attached hydrogens (tertiary/aromatic N) is 1. The van der Waals surface area contributed by atoms with Crippen LogP contribution in [0.25, 0.3) is 0 Å². The van der Waals surface area contributed by atoms with Gasteiger partial charge in [-0.2, -0.15) is 0 Å². The third kappa shape index (κ3) is 4.55. The normalized spacial score (nSPS) is 16.3. The van der Waals surface area contributed by atoms with Gasteiger partial charge in [0.05, 0.1) is 6.04 Å². The highest BCUT2D eigenvalue weighted by Gasteiger charge is 2.24. The topological polar surface area (TPSA) is 44.4 Å². The fourth-order valence-corrected chi connectivity index (χ4v) is 2.74. The summed E-state index contributed by atoms with van der Waals surface area (Å²) < 4.78 is 0. The lowest BCUT2D eigenvalue weighted by Crippen LogP contribution is -2.48. The van der Waals surface area contributed by atoms with Gasteiger partial charge in [-0.05, 0) is 37.4 Å². The molecule has 1 unspecified atom stereocenters. The Morgan fingerprint density at radius 3 is 2.76 bits per heavy atom. The Hall–Kier alpha value is -1.39. The number of fused-ring (bicyclic) bond motifs is 1. The van der Waals surface area contributed by atoms with Crippen LogP contribution in [0.1, 0.15) is 31.4 Å². The van der Waals surface area contributed by atoms with E-state index in [2.05, 4.69) is 46.7 Å². The van der Waals surface area contributed by atoms with Crippen molar-refractivity contribution < 1.29 is 4.79 Å². The van der Waals surface area contributed by atoms with Crippen molar-refractivity contribution >= 4 is 5.91 Å². The molecule has 0 saturated carbocycles. The number of carbonyl (C=O) groups is 1. The van der Waals surface area contributed by atoms with Crippen molar-refractivity contribution in [2.45, 2.75) is 39.3 Å². The number of hydrogen-bond acceptors (Lipinski definition) is 3. The van der Waals surface area contributed by atoms with Crippen molar-refractivity contribution in [1.82, 2.24) is 15.5 Å². The van der Waals surface area contributed by atoms with Crippen molar-refractivity contribution in [2.75, 3.05) is 26.2 Å². The number of benzene rings is 1. The molecule has 1 amide bonds. The van der Waals surface area contributed by atoms with Crippen LogP contribution in [-0.4, -0.2) is 43.0 Å². The van der Waals surface area contributed by atoms with Crippen LogP contribution in [0.2, 0.25) is 0 Å². The molecule has 0 aromatic heterocycles. The van der Waals surface area contributed by atoms with Crippen molar-refractivity contribution in [3.05, 3.63) is 35.4 Å². The van der Waals surface area contributed by atoms with Crippen LogP contribution in [-0.2, 0) is 17.8 Å². The molecule has 1 aliphatic heterocycles. The van der Waals surface area contributed by atoms with Crippen LogP contribution in [0.15, 0.2) is 24.3 Å². The van der Waals surface area contributed by atoms with Crippen molar-refractivity contribution in [3.63, 3.8) is 0 Å². The highest BCUT2D eigenvalue weighted by molar-refractivity contribution is 5.81. The zero-order valence-electron chi connectivity index (χ0n) is 13.2. The lowest BCUT2D eigenvalue weighted by molar-refractivity contribution is -0.126. The largest absolute Gasteiger partial charge is 0.353 e. The summed E-state index contributed by atoms with van der Waals surface area (Å²) >= 11 is 0. The summed E-state index contributed by atoms with van der Waals surface area (Å²) in [7, 11) is 0. The number of rotatable bonds is 7. The number of nitrogens with one attached hydrogen (secondary N) is 2. The molecule has 0 radical (unpaired) electrons. The fourth-order valence-electron chi connectivity index (χ4n) is 2.74. The Morgan fingerprint density at radius 2 is 2.00 bits per heavy atom.